The minimum atomic E-state index is -4.81. The number of rotatable bonds is 5. The largest absolute Gasteiger partial charge is 0.573 e. The van der Waals surface area contributed by atoms with Gasteiger partial charge in [-0.05, 0) is 55.0 Å². The molecule has 0 aromatic heterocycles. The van der Waals surface area contributed by atoms with E-state index in [1.54, 1.807) is 18.2 Å². The highest BCUT2D eigenvalue weighted by Gasteiger charge is 2.31. The highest BCUT2D eigenvalue weighted by Crippen LogP contribution is 2.23. The van der Waals surface area contributed by atoms with Crippen molar-refractivity contribution < 1.29 is 32.2 Å². The Morgan fingerprint density at radius 2 is 1.77 bits per heavy atom. The van der Waals surface area contributed by atoms with Gasteiger partial charge in [-0.1, -0.05) is 15.9 Å². The summed E-state index contributed by atoms with van der Waals surface area (Å²) >= 11 is 3.34. The summed E-state index contributed by atoms with van der Waals surface area (Å²) in [6.45, 7) is 1.32. The number of hydrogen-bond donors (Lipinski definition) is 1. The highest BCUT2D eigenvalue weighted by atomic mass is 79.9. The maximum absolute atomic E-state index is 12.1. The lowest BCUT2D eigenvalue weighted by Crippen LogP contribution is -2.21. The molecule has 2 aromatic rings. The van der Waals surface area contributed by atoms with Crippen molar-refractivity contribution in [2.24, 2.45) is 0 Å². The van der Waals surface area contributed by atoms with Crippen molar-refractivity contribution in [3.63, 3.8) is 0 Å². The van der Waals surface area contributed by atoms with Crippen LogP contribution in [0.25, 0.3) is 0 Å². The lowest BCUT2D eigenvalue weighted by molar-refractivity contribution is -0.274. The molecule has 26 heavy (non-hydrogen) atoms. The number of aryl methyl sites for hydroxylation is 1. The number of carbonyl (C=O) groups is 2. The SMILES string of the molecule is Cc1cc(NC(=O)COC(=O)c2ccc(OC(F)(F)F)cc2)ccc1Br. The zero-order valence-electron chi connectivity index (χ0n) is 13.4. The summed E-state index contributed by atoms with van der Waals surface area (Å²) in [7, 11) is 0. The van der Waals surface area contributed by atoms with Gasteiger partial charge in [-0.15, -0.1) is 13.2 Å². The molecule has 0 spiro atoms. The van der Waals surface area contributed by atoms with Gasteiger partial charge in [0.1, 0.15) is 5.75 Å². The summed E-state index contributed by atoms with van der Waals surface area (Å²) in [5.74, 6) is -1.85. The van der Waals surface area contributed by atoms with Crippen molar-refractivity contribution in [1.82, 2.24) is 0 Å². The van der Waals surface area contributed by atoms with Crippen molar-refractivity contribution in [2.75, 3.05) is 11.9 Å². The smallest absolute Gasteiger partial charge is 0.452 e. The molecule has 0 radical (unpaired) electrons. The van der Waals surface area contributed by atoms with E-state index < -0.39 is 30.6 Å². The van der Waals surface area contributed by atoms with E-state index in [4.69, 9.17) is 4.74 Å². The number of nitrogens with one attached hydrogen (secondary N) is 1. The van der Waals surface area contributed by atoms with Crippen LogP contribution in [0.15, 0.2) is 46.9 Å². The molecule has 9 heteroatoms. The topological polar surface area (TPSA) is 64.6 Å². The molecular weight excluding hydrogens is 419 g/mol. The number of hydrogen-bond acceptors (Lipinski definition) is 4. The zero-order valence-corrected chi connectivity index (χ0v) is 15.0. The van der Waals surface area contributed by atoms with Gasteiger partial charge < -0.3 is 14.8 Å². The summed E-state index contributed by atoms with van der Waals surface area (Å²) in [6.07, 6.45) is -4.81. The molecule has 2 aromatic carbocycles. The average molecular weight is 432 g/mol. The van der Waals surface area contributed by atoms with Crippen molar-refractivity contribution in [2.45, 2.75) is 13.3 Å². The molecule has 0 atom stereocenters. The molecule has 0 saturated heterocycles. The minimum absolute atomic E-state index is 0.00758. The molecule has 5 nitrogen and oxygen atoms in total. The molecule has 0 aliphatic carbocycles. The van der Waals surface area contributed by atoms with Crippen molar-refractivity contribution in [3.8, 4) is 5.75 Å². The number of benzene rings is 2. The zero-order chi connectivity index (χ0) is 19.3. The summed E-state index contributed by atoms with van der Waals surface area (Å²) in [6, 6.07) is 9.36. The molecule has 1 N–H and O–H groups in total. The predicted molar refractivity (Wildman–Crippen MR) is 90.9 cm³/mol. The number of anilines is 1. The van der Waals surface area contributed by atoms with E-state index in [2.05, 4.69) is 26.0 Å². The highest BCUT2D eigenvalue weighted by molar-refractivity contribution is 9.10. The van der Waals surface area contributed by atoms with E-state index in [1.165, 1.54) is 0 Å². The second kappa shape index (κ2) is 8.22. The van der Waals surface area contributed by atoms with Crippen LogP contribution in [0.5, 0.6) is 5.75 Å². The molecule has 1 amide bonds. The molecule has 0 unspecified atom stereocenters. The van der Waals surface area contributed by atoms with Gasteiger partial charge in [-0.3, -0.25) is 4.79 Å². The molecule has 0 fully saturated rings. The van der Waals surface area contributed by atoms with Gasteiger partial charge in [0.2, 0.25) is 0 Å². The van der Waals surface area contributed by atoms with Gasteiger partial charge in [0.25, 0.3) is 5.91 Å². The van der Waals surface area contributed by atoms with Crippen LogP contribution >= 0.6 is 15.9 Å². The Bertz CT molecular complexity index is 807. The minimum Gasteiger partial charge on any atom is -0.452 e. The molecule has 138 valence electrons. The second-order valence-corrected chi connectivity index (χ2v) is 6.01. The van der Waals surface area contributed by atoms with Crippen molar-refractivity contribution >= 4 is 33.5 Å². The third-order valence-electron chi connectivity index (χ3n) is 3.10. The number of carbonyl (C=O) groups excluding carboxylic acids is 2. The van der Waals surface area contributed by atoms with E-state index in [1.807, 2.05) is 6.92 Å². The van der Waals surface area contributed by atoms with Crippen molar-refractivity contribution in [3.05, 3.63) is 58.1 Å². The summed E-state index contributed by atoms with van der Waals surface area (Å²) in [5.41, 5.74) is 1.45. The Balaban J connectivity index is 1.87. The molecule has 0 bridgehead atoms. The van der Waals surface area contributed by atoms with E-state index in [0.29, 0.717) is 5.69 Å². The Kier molecular flexibility index (Phi) is 6.25. The van der Waals surface area contributed by atoms with Gasteiger partial charge in [-0.2, -0.15) is 0 Å². The number of amides is 1. The van der Waals surface area contributed by atoms with Crippen LogP contribution < -0.4 is 10.1 Å². The predicted octanol–water partition coefficient (Wildman–Crippen LogP) is 4.45. The fraction of sp³-hybridized carbons (Fsp3) is 0.176. The standard InChI is InChI=1S/C17H13BrF3NO4/c1-10-8-12(4-7-14(10)18)22-15(23)9-25-16(24)11-2-5-13(6-3-11)26-17(19,20)21/h2-8H,9H2,1H3,(H,22,23). The van der Waals surface area contributed by atoms with Crippen LogP contribution in [-0.2, 0) is 9.53 Å². The first kappa shape index (κ1) is 19.8. The molecule has 0 saturated carbocycles. The van der Waals surface area contributed by atoms with E-state index >= 15 is 0 Å². The quantitative estimate of drug-likeness (QED) is 0.710. The van der Waals surface area contributed by atoms with Gasteiger partial charge in [0.15, 0.2) is 6.61 Å². The first-order valence-electron chi connectivity index (χ1n) is 7.23. The Labute approximate surface area is 155 Å². The third kappa shape index (κ3) is 6.07. The second-order valence-electron chi connectivity index (χ2n) is 5.16. The summed E-state index contributed by atoms with van der Waals surface area (Å²) in [5, 5.41) is 2.57. The fourth-order valence-electron chi connectivity index (χ4n) is 1.93. The molecule has 2 rings (SSSR count). The van der Waals surface area contributed by atoms with Gasteiger partial charge in [0.05, 0.1) is 5.56 Å². The number of alkyl halides is 3. The first-order chi connectivity index (χ1) is 12.1. The van der Waals surface area contributed by atoms with Gasteiger partial charge in [-0.25, -0.2) is 4.79 Å². The van der Waals surface area contributed by atoms with Crippen molar-refractivity contribution in [1.29, 1.82) is 0 Å². The normalized spacial score (nSPS) is 11.0. The number of ether oxygens (including phenoxy) is 2. The van der Waals surface area contributed by atoms with Gasteiger partial charge >= 0.3 is 12.3 Å². The van der Waals surface area contributed by atoms with Crippen LogP contribution in [0.2, 0.25) is 0 Å². The first-order valence-corrected chi connectivity index (χ1v) is 8.02. The number of esters is 1. The lowest BCUT2D eigenvalue weighted by atomic mass is 10.2. The molecule has 0 heterocycles. The lowest BCUT2D eigenvalue weighted by Gasteiger charge is -2.10. The van der Waals surface area contributed by atoms with Crippen LogP contribution in [0.4, 0.5) is 18.9 Å². The molecule has 0 aliphatic rings. The monoisotopic (exact) mass is 431 g/mol. The number of halogens is 4. The molecule has 0 aliphatic heterocycles. The third-order valence-corrected chi connectivity index (χ3v) is 3.99. The van der Waals surface area contributed by atoms with E-state index in [0.717, 1.165) is 34.3 Å². The van der Waals surface area contributed by atoms with Gasteiger partial charge in [0, 0.05) is 10.2 Å². The average Bonchev–Trinajstić information content (AvgIpc) is 2.55. The van der Waals surface area contributed by atoms with Crippen LogP contribution in [0.3, 0.4) is 0 Å². The Hall–Kier alpha value is -2.55. The molecular formula is C17H13BrF3NO4. The van der Waals surface area contributed by atoms with Crippen LogP contribution in [0, 0.1) is 6.92 Å². The Morgan fingerprint density at radius 3 is 2.35 bits per heavy atom. The maximum Gasteiger partial charge on any atom is 0.573 e. The maximum atomic E-state index is 12.1. The van der Waals surface area contributed by atoms with Crippen LogP contribution in [0.1, 0.15) is 15.9 Å². The van der Waals surface area contributed by atoms with E-state index in [9.17, 15) is 22.8 Å². The van der Waals surface area contributed by atoms with E-state index in [-0.39, 0.29) is 5.56 Å². The summed E-state index contributed by atoms with van der Waals surface area (Å²) < 4.78 is 45.6. The fourth-order valence-corrected chi connectivity index (χ4v) is 2.17. The Morgan fingerprint density at radius 1 is 1.12 bits per heavy atom. The summed E-state index contributed by atoms with van der Waals surface area (Å²) in [4.78, 5) is 23.6. The van der Waals surface area contributed by atoms with Crippen LogP contribution in [-0.4, -0.2) is 24.8 Å².